The molecule has 216 valence electrons. The second-order valence-electron chi connectivity index (χ2n) is 10.6. The first-order valence-corrected chi connectivity index (χ1v) is 14.4. The average molecular weight is 545 g/mol. The van der Waals surface area contributed by atoms with Crippen molar-refractivity contribution in [2.75, 3.05) is 0 Å². The Morgan fingerprint density at radius 1 is 0.821 bits per heavy atom. The molecule has 0 spiro atoms. The number of ether oxygens (including phenoxy) is 2. The molecule has 8 heteroatoms. The van der Waals surface area contributed by atoms with Crippen LogP contribution in [0.3, 0.4) is 0 Å². The lowest BCUT2D eigenvalue weighted by atomic mass is 9.90. The summed E-state index contributed by atoms with van der Waals surface area (Å²) >= 11 is 0. The van der Waals surface area contributed by atoms with Gasteiger partial charge in [-0.15, -0.1) is 0 Å². The third kappa shape index (κ3) is 8.43. The number of unbranched alkanes of at least 4 members (excludes halogenated alkanes) is 12. The van der Waals surface area contributed by atoms with Gasteiger partial charge in [0, 0.05) is 36.1 Å². The highest BCUT2D eigenvalue weighted by Crippen LogP contribution is 2.46. The van der Waals surface area contributed by atoms with Crippen LogP contribution in [-0.4, -0.2) is 37.6 Å². The maximum Gasteiger partial charge on any atom is 0.309 e. The Hall–Kier alpha value is -3.13. The van der Waals surface area contributed by atoms with Crippen molar-refractivity contribution in [3.05, 3.63) is 41.5 Å². The van der Waals surface area contributed by atoms with Gasteiger partial charge in [0.1, 0.15) is 23.4 Å². The van der Waals surface area contributed by atoms with E-state index in [1.54, 1.807) is 0 Å². The molecule has 1 aliphatic rings. The van der Waals surface area contributed by atoms with Crippen LogP contribution < -0.4 is 4.74 Å². The van der Waals surface area contributed by atoms with Gasteiger partial charge in [-0.25, -0.2) is 0 Å². The number of aliphatic hydroxyl groups is 1. The highest BCUT2D eigenvalue weighted by Gasteiger charge is 2.50. The standard InChI is InChI=1S/C31H44O8/c1-2-3-4-5-6-7-8-9-10-11-12-13-14-15-30(37)39-31(22-16-17-25(33)27(35)18-22)29(36)21-24-26(34)19-23(32)20-28(24)38-31/h16-20,29,32-36H,2-15,21H2,1H3/t29-,31?/m1/s1. The molecule has 0 amide bonds. The van der Waals surface area contributed by atoms with Gasteiger partial charge in [0.15, 0.2) is 11.5 Å². The van der Waals surface area contributed by atoms with Crippen molar-refractivity contribution >= 4 is 5.97 Å². The number of phenols is 4. The van der Waals surface area contributed by atoms with Crippen molar-refractivity contribution < 1.29 is 39.8 Å². The van der Waals surface area contributed by atoms with E-state index in [1.165, 1.54) is 76.0 Å². The van der Waals surface area contributed by atoms with Crippen LogP contribution >= 0.6 is 0 Å². The lowest BCUT2D eigenvalue weighted by molar-refractivity contribution is -0.246. The summed E-state index contributed by atoms with van der Waals surface area (Å²) in [5, 5.41) is 51.1. The van der Waals surface area contributed by atoms with E-state index in [-0.39, 0.29) is 47.0 Å². The fourth-order valence-corrected chi connectivity index (χ4v) is 5.12. The number of hydrogen-bond donors (Lipinski definition) is 5. The van der Waals surface area contributed by atoms with Crippen molar-refractivity contribution in [1.29, 1.82) is 0 Å². The van der Waals surface area contributed by atoms with Crippen molar-refractivity contribution in [3.8, 4) is 28.7 Å². The van der Waals surface area contributed by atoms with E-state index < -0.39 is 23.6 Å². The number of aromatic hydroxyl groups is 4. The Labute approximate surface area is 231 Å². The summed E-state index contributed by atoms with van der Waals surface area (Å²) < 4.78 is 11.7. The second-order valence-corrected chi connectivity index (χ2v) is 10.6. The number of aliphatic hydroxyl groups excluding tert-OH is 1. The molecule has 8 nitrogen and oxygen atoms in total. The molecule has 0 radical (unpaired) electrons. The molecule has 3 rings (SSSR count). The van der Waals surface area contributed by atoms with Gasteiger partial charge in [-0.3, -0.25) is 4.79 Å². The minimum Gasteiger partial charge on any atom is -0.508 e. The first-order valence-electron chi connectivity index (χ1n) is 14.4. The van der Waals surface area contributed by atoms with Gasteiger partial charge in [0.05, 0.1) is 0 Å². The number of hydrogen-bond acceptors (Lipinski definition) is 8. The Bertz CT molecular complexity index is 1070. The summed E-state index contributed by atoms with van der Waals surface area (Å²) in [4.78, 5) is 12.9. The molecule has 5 N–H and O–H groups in total. The lowest BCUT2D eigenvalue weighted by Crippen LogP contribution is -2.52. The third-order valence-electron chi connectivity index (χ3n) is 7.40. The number of carbonyl (C=O) groups is 1. The minimum absolute atomic E-state index is 0.0409. The first kappa shape index (κ1) is 30.4. The van der Waals surface area contributed by atoms with Crippen molar-refractivity contribution in [3.63, 3.8) is 0 Å². The molecule has 2 aromatic carbocycles. The van der Waals surface area contributed by atoms with Crippen LogP contribution in [-0.2, 0) is 21.7 Å². The fourth-order valence-electron chi connectivity index (χ4n) is 5.12. The van der Waals surface area contributed by atoms with E-state index in [0.29, 0.717) is 6.42 Å². The molecule has 1 unspecified atom stereocenters. The molecular weight excluding hydrogens is 500 g/mol. The highest BCUT2D eigenvalue weighted by atomic mass is 16.7. The topological polar surface area (TPSA) is 137 Å². The van der Waals surface area contributed by atoms with Gasteiger partial charge in [0.25, 0.3) is 0 Å². The summed E-state index contributed by atoms with van der Waals surface area (Å²) in [6.45, 7) is 2.23. The molecule has 0 aromatic heterocycles. The van der Waals surface area contributed by atoms with Crippen molar-refractivity contribution in [2.45, 2.75) is 115 Å². The largest absolute Gasteiger partial charge is 0.508 e. The summed E-state index contributed by atoms with van der Waals surface area (Å²) in [7, 11) is 0. The van der Waals surface area contributed by atoms with E-state index in [0.717, 1.165) is 31.4 Å². The normalized spacial score (nSPS) is 18.4. The zero-order valence-corrected chi connectivity index (χ0v) is 23.0. The lowest BCUT2D eigenvalue weighted by Gasteiger charge is -2.41. The number of rotatable bonds is 16. The molecule has 1 heterocycles. The van der Waals surface area contributed by atoms with Crippen molar-refractivity contribution in [1.82, 2.24) is 0 Å². The molecule has 0 saturated carbocycles. The number of fused-ring (bicyclic) bond motifs is 1. The maximum absolute atomic E-state index is 12.9. The number of phenolic OH excluding ortho intramolecular Hbond substituents is 4. The summed E-state index contributed by atoms with van der Waals surface area (Å²) in [5.41, 5.74) is 0.365. The van der Waals surface area contributed by atoms with Gasteiger partial charge in [-0.2, -0.15) is 0 Å². The first-order chi connectivity index (χ1) is 18.8. The fraction of sp³-hybridized carbons (Fsp3) is 0.581. The SMILES string of the molecule is CCCCCCCCCCCCCCCC(=O)OC1(c2ccc(O)c(O)c2)Oc2cc(O)cc(O)c2C[C@H]1O. The molecule has 0 bridgehead atoms. The van der Waals surface area contributed by atoms with Crippen LogP contribution in [0, 0.1) is 0 Å². The quantitative estimate of drug-likeness (QED) is 0.0896. The van der Waals surface area contributed by atoms with E-state index in [4.69, 9.17) is 9.47 Å². The van der Waals surface area contributed by atoms with E-state index in [1.807, 2.05) is 0 Å². The predicted octanol–water partition coefficient (Wildman–Crippen LogP) is 6.68. The van der Waals surface area contributed by atoms with Gasteiger partial charge >= 0.3 is 11.8 Å². The number of benzene rings is 2. The Morgan fingerprint density at radius 2 is 1.41 bits per heavy atom. The Morgan fingerprint density at radius 3 is 2.00 bits per heavy atom. The zero-order valence-electron chi connectivity index (χ0n) is 23.0. The van der Waals surface area contributed by atoms with Crippen LogP contribution in [0.4, 0.5) is 0 Å². The van der Waals surface area contributed by atoms with E-state index in [2.05, 4.69) is 6.92 Å². The van der Waals surface area contributed by atoms with Gasteiger partial charge in [-0.1, -0.05) is 84.0 Å². The number of carbonyl (C=O) groups excluding carboxylic acids is 1. The molecule has 2 atom stereocenters. The highest BCUT2D eigenvalue weighted by molar-refractivity contribution is 5.70. The van der Waals surface area contributed by atoms with E-state index in [9.17, 15) is 30.3 Å². The third-order valence-corrected chi connectivity index (χ3v) is 7.40. The van der Waals surface area contributed by atoms with Crippen LogP contribution in [0.25, 0.3) is 0 Å². The van der Waals surface area contributed by atoms with Crippen LogP contribution in [0.2, 0.25) is 0 Å². The van der Waals surface area contributed by atoms with Gasteiger partial charge in [-0.05, 0) is 24.6 Å². The van der Waals surface area contributed by atoms with Crippen LogP contribution in [0.1, 0.15) is 108 Å². The van der Waals surface area contributed by atoms with Crippen LogP contribution in [0.15, 0.2) is 30.3 Å². The molecule has 1 aliphatic heterocycles. The summed E-state index contributed by atoms with van der Waals surface area (Å²) in [6.07, 6.45) is 13.9. The average Bonchev–Trinajstić information content (AvgIpc) is 2.89. The van der Waals surface area contributed by atoms with Gasteiger partial charge in [0.2, 0.25) is 0 Å². The Kier molecular flexibility index (Phi) is 11.6. The molecule has 39 heavy (non-hydrogen) atoms. The van der Waals surface area contributed by atoms with Crippen LogP contribution in [0.5, 0.6) is 28.7 Å². The summed E-state index contributed by atoms with van der Waals surface area (Å²) in [5.74, 6) is -3.95. The molecular formula is C31H44O8. The minimum atomic E-state index is -2.04. The zero-order chi connectivity index (χ0) is 28.3. The molecule has 2 aromatic rings. The van der Waals surface area contributed by atoms with E-state index >= 15 is 0 Å². The summed E-state index contributed by atoms with van der Waals surface area (Å²) in [6, 6.07) is 6.14. The maximum atomic E-state index is 12.9. The molecule has 0 fully saturated rings. The number of esters is 1. The Balaban J connectivity index is 1.52. The predicted molar refractivity (Wildman–Crippen MR) is 148 cm³/mol. The second kappa shape index (κ2) is 14.9. The van der Waals surface area contributed by atoms with Gasteiger partial charge < -0.3 is 35.0 Å². The molecule has 0 aliphatic carbocycles. The molecule has 0 saturated heterocycles. The monoisotopic (exact) mass is 544 g/mol. The smallest absolute Gasteiger partial charge is 0.309 e. The van der Waals surface area contributed by atoms with Crippen molar-refractivity contribution in [2.24, 2.45) is 0 Å².